The predicted molar refractivity (Wildman–Crippen MR) is 82.1 cm³/mol. The summed E-state index contributed by atoms with van der Waals surface area (Å²) in [6.45, 7) is 0.470. The second kappa shape index (κ2) is 5.66. The Hall–Kier alpha value is -0.690. The Balaban J connectivity index is 1.31. The van der Waals surface area contributed by atoms with E-state index in [0.717, 1.165) is 51.4 Å². The summed E-state index contributed by atoms with van der Waals surface area (Å²) in [6.07, 6.45) is 8.87. The highest BCUT2D eigenvalue weighted by Crippen LogP contribution is 2.47. The van der Waals surface area contributed by atoms with Gasteiger partial charge in [-0.05, 0) is 25.7 Å². The van der Waals surface area contributed by atoms with E-state index in [9.17, 15) is 4.79 Å². The lowest BCUT2D eigenvalue weighted by Crippen LogP contribution is -2.43. The number of esters is 1. The van der Waals surface area contributed by atoms with Crippen molar-refractivity contribution in [3.63, 3.8) is 0 Å². The SMILES string of the molecule is O=C1O[C@H]([C@H]2COC3(CCCCC3)O2)C2OC3(CCCCC3)OC12. The highest BCUT2D eigenvalue weighted by atomic mass is 16.8. The normalized spacial score (nSPS) is 43.2. The van der Waals surface area contributed by atoms with Crippen LogP contribution in [0.5, 0.6) is 0 Å². The molecule has 0 aromatic carbocycles. The summed E-state index contributed by atoms with van der Waals surface area (Å²) >= 11 is 0. The molecule has 24 heavy (non-hydrogen) atoms. The molecule has 2 unspecified atom stereocenters. The number of rotatable bonds is 1. The molecule has 6 nitrogen and oxygen atoms in total. The summed E-state index contributed by atoms with van der Waals surface area (Å²) in [5, 5.41) is 0. The second-order valence-electron chi connectivity index (χ2n) is 7.93. The van der Waals surface area contributed by atoms with Gasteiger partial charge in [0.2, 0.25) is 0 Å². The first-order valence-corrected chi connectivity index (χ1v) is 9.57. The smallest absolute Gasteiger partial charge is 0.338 e. The van der Waals surface area contributed by atoms with E-state index in [1.807, 2.05) is 0 Å². The van der Waals surface area contributed by atoms with E-state index in [4.69, 9.17) is 23.7 Å². The lowest BCUT2D eigenvalue weighted by atomic mass is 9.94. The summed E-state index contributed by atoms with van der Waals surface area (Å²) in [5.74, 6) is -1.34. The molecule has 0 amide bonds. The van der Waals surface area contributed by atoms with E-state index < -0.39 is 23.8 Å². The van der Waals surface area contributed by atoms with Gasteiger partial charge in [0, 0.05) is 25.7 Å². The van der Waals surface area contributed by atoms with Gasteiger partial charge in [0.15, 0.2) is 23.8 Å². The fourth-order valence-electron chi connectivity index (χ4n) is 5.03. The van der Waals surface area contributed by atoms with Crippen molar-refractivity contribution in [3.8, 4) is 0 Å². The van der Waals surface area contributed by atoms with Gasteiger partial charge in [-0.1, -0.05) is 12.8 Å². The first-order chi connectivity index (χ1) is 11.7. The zero-order chi connectivity index (χ0) is 16.2. The van der Waals surface area contributed by atoms with E-state index in [-0.39, 0.29) is 18.2 Å². The molecule has 3 saturated heterocycles. The summed E-state index contributed by atoms with van der Waals surface area (Å²) in [5.41, 5.74) is 0. The summed E-state index contributed by atoms with van der Waals surface area (Å²) in [7, 11) is 0. The fraction of sp³-hybridized carbons (Fsp3) is 0.944. The number of hydrogen-bond donors (Lipinski definition) is 0. The minimum atomic E-state index is -0.598. The van der Waals surface area contributed by atoms with Gasteiger partial charge in [0.1, 0.15) is 12.2 Å². The third kappa shape index (κ3) is 2.42. The number of fused-ring (bicyclic) bond motifs is 1. The van der Waals surface area contributed by atoms with Gasteiger partial charge >= 0.3 is 5.97 Å². The Morgan fingerprint density at radius 1 is 0.750 bits per heavy atom. The molecule has 0 N–H and O–H groups in total. The van der Waals surface area contributed by atoms with Crippen LogP contribution in [0.25, 0.3) is 0 Å². The third-order valence-corrected chi connectivity index (χ3v) is 6.27. The molecule has 5 aliphatic rings. The maximum atomic E-state index is 12.3. The largest absolute Gasteiger partial charge is 0.455 e. The molecule has 0 bridgehead atoms. The molecule has 2 spiro atoms. The van der Waals surface area contributed by atoms with Gasteiger partial charge in [0.25, 0.3) is 0 Å². The predicted octanol–water partition coefficient (Wildman–Crippen LogP) is 2.43. The number of hydrogen-bond acceptors (Lipinski definition) is 6. The monoisotopic (exact) mass is 338 g/mol. The van der Waals surface area contributed by atoms with E-state index in [1.54, 1.807) is 0 Å². The topological polar surface area (TPSA) is 63.2 Å². The quantitative estimate of drug-likeness (QED) is 0.684. The minimum Gasteiger partial charge on any atom is -0.455 e. The van der Waals surface area contributed by atoms with Gasteiger partial charge in [0.05, 0.1) is 6.61 Å². The van der Waals surface area contributed by atoms with Gasteiger partial charge in [-0.3, -0.25) is 0 Å². The second-order valence-corrected chi connectivity index (χ2v) is 7.93. The lowest BCUT2D eigenvalue weighted by molar-refractivity contribution is -0.230. The zero-order valence-corrected chi connectivity index (χ0v) is 14.0. The van der Waals surface area contributed by atoms with Crippen LogP contribution in [0.15, 0.2) is 0 Å². The van der Waals surface area contributed by atoms with Crippen molar-refractivity contribution < 1.29 is 28.5 Å². The molecule has 5 rings (SSSR count). The molecular formula is C18H26O6. The van der Waals surface area contributed by atoms with E-state index >= 15 is 0 Å². The van der Waals surface area contributed by atoms with Crippen LogP contribution in [0.4, 0.5) is 0 Å². The Kier molecular flexibility index (Phi) is 3.67. The van der Waals surface area contributed by atoms with Crippen LogP contribution in [0.3, 0.4) is 0 Å². The van der Waals surface area contributed by atoms with Gasteiger partial charge < -0.3 is 23.7 Å². The number of carbonyl (C=O) groups excluding carboxylic acids is 1. The Labute approximate surface area is 142 Å². The Morgan fingerprint density at radius 3 is 2.12 bits per heavy atom. The minimum absolute atomic E-state index is 0.246. The molecule has 3 aliphatic heterocycles. The molecule has 134 valence electrons. The van der Waals surface area contributed by atoms with Crippen LogP contribution < -0.4 is 0 Å². The van der Waals surface area contributed by atoms with Crippen molar-refractivity contribution in [2.75, 3.05) is 6.61 Å². The van der Waals surface area contributed by atoms with Crippen LogP contribution in [-0.4, -0.2) is 48.6 Å². The molecule has 5 fully saturated rings. The number of cyclic esters (lactones) is 1. The third-order valence-electron chi connectivity index (χ3n) is 6.27. The van der Waals surface area contributed by atoms with E-state index in [2.05, 4.69) is 0 Å². The molecule has 2 saturated carbocycles. The van der Waals surface area contributed by atoms with Crippen LogP contribution in [0, 0.1) is 0 Å². The average Bonchev–Trinajstić information content (AvgIpc) is 3.24. The lowest BCUT2D eigenvalue weighted by Gasteiger charge is -2.34. The number of ether oxygens (including phenoxy) is 5. The van der Waals surface area contributed by atoms with Crippen LogP contribution in [0.2, 0.25) is 0 Å². The highest BCUT2D eigenvalue weighted by molar-refractivity contribution is 5.78. The molecular weight excluding hydrogens is 312 g/mol. The molecule has 3 heterocycles. The summed E-state index contributed by atoms with van der Waals surface area (Å²) in [6, 6.07) is 0. The van der Waals surface area contributed by atoms with Crippen molar-refractivity contribution in [1.29, 1.82) is 0 Å². The van der Waals surface area contributed by atoms with Gasteiger partial charge in [-0.25, -0.2) is 4.79 Å². The molecule has 4 atom stereocenters. The molecule has 0 aromatic rings. The standard InChI is InChI=1S/C18H26O6/c19-16-15-14(23-18(24-15)9-5-2-6-10-18)13(21-16)12-11-20-17(22-12)7-3-1-4-8-17/h12-15H,1-11H2/t12-,13-,14?,15?/m1/s1. The van der Waals surface area contributed by atoms with Crippen LogP contribution in [-0.2, 0) is 28.5 Å². The van der Waals surface area contributed by atoms with Crippen molar-refractivity contribution in [3.05, 3.63) is 0 Å². The summed E-state index contributed by atoms with van der Waals surface area (Å²) < 4.78 is 30.2. The van der Waals surface area contributed by atoms with Crippen molar-refractivity contribution in [1.82, 2.24) is 0 Å². The van der Waals surface area contributed by atoms with Crippen LogP contribution in [0.1, 0.15) is 64.2 Å². The first-order valence-electron chi connectivity index (χ1n) is 9.57. The van der Waals surface area contributed by atoms with E-state index in [1.165, 1.54) is 12.8 Å². The van der Waals surface area contributed by atoms with Crippen molar-refractivity contribution in [2.45, 2.75) is 100 Å². The maximum Gasteiger partial charge on any atom is 0.338 e. The Morgan fingerprint density at radius 2 is 1.42 bits per heavy atom. The fourth-order valence-corrected chi connectivity index (χ4v) is 5.03. The summed E-state index contributed by atoms with van der Waals surface area (Å²) in [4.78, 5) is 12.3. The molecule has 0 radical (unpaired) electrons. The van der Waals surface area contributed by atoms with Gasteiger partial charge in [-0.15, -0.1) is 0 Å². The van der Waals surface area contributed by atoms with Gasteiger partial charge in [-0.2, -0.15) is 0 Å². The maximum absolute atomic E-state index is 12.3. The number of carbonyl (C=O) groups is 1. The molecule has 2 aliphatic carbocycles. The van der Waals surface area contributed by atoms with E-state index in [0.29, 0.717) is 6.61 Å². The van der Waals surface area contributed by atoms with Crippen LogP contribution >= 0.6 is 0 Å². The van der Waals surface area contributed by atoms with Crippen molar-refractivity contribution in [2.24, 2.45) is 0 Å². The Bertz CT molecular complexity index is 508. The molecule has 6 heteroatoms. The molecule has 0 aromatic heterocycles. The van der Waals surface area contributed by atoms with Crippen molar-refractivity contribution >= 4 is 5.97 Å². The average molecular weight is 338 g/mol. The highest BCUT2D eigenvalue weighted by Gasteiger charge is 2.62. The first kappa shape index (κ1) is 15.6. The zero-order valence-electron chi connectivity index (χ0n) is 14.0.